The average Bonchev–Trinajstić information content (AvgIpc) is 2.02. The van der Waals surface area contributed by atoms with Gasteiger partial charge in [-0.2, -0.15) is 12.6 Å². The number of esters is 1. The van der Waals surface area contributed by atoms with Crippen LogP contribution in [0.2, 0.25) is 0 Å². The number of hydrogen-bond acceptors (Lipinski definition) is 4. The standard InChI is InChI=1S/C9H18O3S/c1-9(2,3)8(10)12-5-4-11-6-7-13/h13H,4-7H2,1-3H3. The summed E-state index contributed by atoms with van der Waals surface area (Å²) in [5.41, 5.74) is -0.427. The maximum atomic E-state index is 11.2. The predicted molar refractivity (Wildman–Crippen MR) is 55.1 cm³/mol. The van der Waals surface area contributed by atoms with Crippen LogP contribution in [0, 0.1) is 5.41 Å². The number of hydrogen-bond donors (Lipinski definition) is 1. The number of rotatable bonds is 5. The summed E-state index contributed by atoms with van der Waals surface area (Å²) in [6.07, 6.45) is 0. The molecule has 0 radical (unpaired) electrons. The second kappa shape index (κ2) is 6.27. The van der Waals surface area contributed by atoms with Gasteiger partial charge in [-0.15, -0.1) is 0 Å². The Morgan fingerprint density at radius 2 is 1.85 bits per heavy atom. The SMILES string of the molecule is CC(C)(C)C(=O)OCCOCCS. The summed E-state index contributed by atoms with van der Waals surface area (Å²) in [6.45, 7) is 6.83. The summed E-state index contributed by atoms with van der Waals surface area (Å²) in [5, 5.41) is 0. The third-order valence-electron chi connectivity index (χ3n) is 1.31. The largest absolute Gasteiger partial charge is 0.463 e. The molecule has 13 heavy (non-hydrogen) atoms. The minimum absolute atomic E-state index is 0.193. The molecule has 0 bridgehead atoms. The second-order valence-corrected chi connectivity index (χ2v) is 4.17. The van der Waals surface area contributed by atoms with Gasteiger partial charge in [0.25, 0.3) is 0 Å². The fourth-order valence-electron chi connectivity index (χ4n) is 0.576. The summed E-state index contributed by atoms with van der Waals surface area (Å²) in [4.78, 5) is 11.2. The third-order valence-corrected chi connectivity index (χ3v) is 1.49. The monoisotopic (exact) mass is 206 g/mol. The smallest absolute Gasteiger partial charge is 0.311 e. The van der Waals surface area contributed by atoms with Crippen LogP contribution in [0.4, 0.5) is 0 Å². The van der Waals surface area contributed by atoms with Gasteiger partial charge in [0, 0.05) is 5.75 Å². The van der Waals surface area contributed by atoms with Crippen LogP contribution in [0.5, 0.6) is 0 Å². The van der Waals surface area contributed by atoms with Crippen molar-refractivity contribution >= 4 is 18.6 Å². The zero-order valence-electron chi connectivity index (χ0n) is 8.50. The van der Waals surface area contributed by atoms with Gasteiger partial charge in [-0.3, -0.25) is 4.79 Å². The van der Waals surface area contributed by atoms with Crippen molar-refractivity contribution in [3.8, 4) is 0 Å². The molecule has 0 aliphatic carbocycles. The summed E-state index contributed by atoms with van der Waals surface area (Å²) in [6, 6.07) is 0. The number of thiol groups is 1. The Balaban J connectivity index is 3.38. The first-order valence-electron chi connectivity index (χ1n) is 4.34. The summed E-state index contributed by atoms with van der Waals surface area (Å²) >= 11 is 3.98. The Labute approximate surface area is 85.2 Å². The maximum absolute atomic E-state index is 11.2. The van der Waals surface area contributed by atoms with E-state index in [0.717, 1.165) is 0 Å². The molecule has 0 aromatic rings. The molecule has 0 spiro atoms. The van der Waals surface area contributed by atoms with Crippen LogP contribution < -0.4 is 0 Å². The molecular formula is C9H18O3S. The van der Waals surface area contributed by atoms with Crippen molar-refractivity contribution in [2.45, 2.75) is 20.8 Å². The molecule has 0 rings (SSSR count). The zero-order chi connectivity index (χ0) is 10.3. The van der Waals surface area contributed by atoms with E-state index in [2.05, 4.69) is 12.6 Å². The maximum Gasteiger partial charge on any atom is 0.311 e. The Bertz CT molecular complexity index is 151. The van der Waals surface area contributed by atoms with Crippen LogP contribution in [0.3, 0.4) is 0 Å². The van der Waals surface area contributed by atoms with Gasteiger partial charge in [-0.1, -0.05) is 0 Å². The third kappa shape index (κ3) is 6.90. The minimum atomic E-state index is -0.427. The topological polar surface area (TPSA) is 35.5 Å². The van der Waals surface area contributed by atoms with E-state index in [1.54, 1.807) is 0 Å². The highest BCUT2D eigenvalue weighted by atomic mass is 32.1. The first-order valence-corrected chi connectivity index (χ1v) is 4.97. The summed E-state index contributed by atoms with van der Waals surface area (Å²) < 4.78 is 10.1. The van der Waals surface area contributed by atoms with Gasteiger partial charge in [-0.05, 0) is 20.8 Å². The Morgan fingerprint density at radius 3 is 2.31 bits per heavy atom. The van der Waals surface area contributed by atoms with Crippen LogP contribution in [0.15, 0.2) is 0 Å². The van der Waals surface area contributed by atoms with Gasteiger partial charge >= 0.3 is 5.97 Å². The van der Waals surface area contributed by atoms with Crippen molar-refractivity contribution in [2.75, 3.05) is 25.6 Å². The molecule has 78 valence electrons. The average molecular weight is 206 g/mol. The van der Waals surface area contributed by atoms with Gasteiger partial charge in [-0.25, -0.2) is 0 Å². The van der Waals surface area contributed by atoms with Crippen LogP contribution in [-0.2, 0) is 14.3 Å². The van der Waals surface area contributed by atoms with Gasteiger partial charge in [0.2, 0.25) is 0 Å². The van der Waals surface area contributed by atoms with Gasteiger partial charge < -0.3 is 9.47 Å². The molecule has 0 heterocycles. The van der Waals surface area contributed by atoms with Crippen LogP contribution in [-0.4, -0.2) is 31.5 Å². The number of carbonyl (C=O) groups is 1. The van der Waals surface area contributed by atoms with E-state index in [9.17, 15) is 4.79 Å². The van der Waals surface area contributed by atoms with Crippen molar-refractivity contribution in [3.05, 3.63) is 0 Å². The molecule has 0 amide bonds. The molecule has 0 aromatic carbocycles. The second-order valence-electron chi connectivity index (χ2n) is 3.72. The van der Waals surface area contributed by atoms with Crippen LogP contribution in [0.1, 0.15) is 20.8 Å². The normalized spacial score (nSPS) is 11.4. The highest BCUT2D eigenvalue weighted by Gasteiger charge is 2.22. The van der Waals surface area contributed by atoms with E-state index in [-0.39, 0.29) is 5.97 Å². The highest BCUT2D eigenvalue weighted by molar-refractivity contribution is 7.80. The fourth-order valence-corrected chi connectivity index (χ4v) is 0.706. The molecule has 4 heteroatoms. The lowest BCUT2D eigenvalue weighted by molar-refractivity contribution is -0.154. The number of ether oxygens (including phenoxy) is 2. The van der Waals surface area contributed by atoms with E-state index in [0.29, 0.717) is 25.6 Å². The molecule has 0 fully saturated rings. The lowest BCUT2D eigenvalue weighted by atomic mass is 9.97. The Hall–Kier alpha value is -0.220. The molecule has 0 unspecified atom stereocenters. The van der Waals surface area contributed by atoms with Crippen molar-refractivity contribution in [2.24, 2.45) is 5.41 Å². The first-order chi connectivity index (χ1) is 5.98. The molecule has 3 nitrogen and oxygen atoms in total. The van der Waals surface area contributed by atoms with Gasteiger partial charge in [0.15, 0.2) is 0 Å². The number of carbonyl (C=O) groups excluding carboxylic acids is 1. The van der Waals surface area contributed by atoms with Gasteiger partial charge in [0.1, 0.15) is 6.61 Å². The van der Waals surface area contributed by atoms with Crippen molar-refractivity contribution in [1.82, 2.24) is 0 Å². The molecule has 0 saturated heterocycles. The van der Waals surface area contributed by atoms with Crippen LogP contribution in [0.25, 0.3) is 0 Å². The molecule has 0 N–H and O–H groups in total. The zero-order valence-corrected chi connectivity index (χ0v) is 9.39. The summed E-state index contributed by atoms with van der Waals surface area (Å²) in [5.74, 6) is 0.495. The highest BCUT2D eigenvalue weighted by Crippen LogP contribution is 2.14. The predicted octanol–water partition coefficient (Wildman–Crippen LogP) is 1.52. The Morgan fingerprint density at radius 1 is 1.23 bits per heavy atom. The van der Waals surface area contributed by atoms with E-state index in [1.165, 1.54) is 0 Å². The minimum Gasteiger partial charge on any atom is -0.463 e. The van der Waals surface area contributed by atoms with Gasteiger partial charge in [0.05, 0.1) is 18.6 Å². The Kier molecular flexibility index (Phi) is 6.16. The fraction of sp³-hybridized carbons (Fsp3) is 0.889. The van der Waals surface area contributed by atoms with E-state index < -0.39 is 5.41 Å². The lowest BCUT2D eigenvalue weighted by Crippen LogP contribution is -2.24. The van der Waals surface area contributed by atoms with E-state index in [1.807, 2.05) is 20.8 Å². The molecule has 0 aliphatic rings. The molecule has 0 aliphatic heterocycles. The van der Waals surface area contributed by atoms with E-state index >= 15 is 0 Å². The van der Waals surface area contributed by atoms with E-state index in [4.69, 9.17) is 9.47 Å². The van der Waals surface area contributed by atoms with Crippen molar-refractivity contribution < 1.29 is 14.3 Å². The van der Waals surface area contributed by atoms with Crippen molar-refractivity contribution in [3.63, 3.8) is 0 Å². The lowest BCUT2D eigenvalue weighted by Gasteiger charge is -2.16. The molecule has 0 atom stereocenters. The molecule has 0 aromatic heterocycles. The summed E-state index contributed by atoms with van der Waals surface area (Å²) in [7, 11) is 0. The molecular weight excluding hydrogens is 188 g/mol. The first kappa shape index (κ1) is 12.8. The quantitative estimate of drug-likeness (QED) is 0.421. The van der Waals surface area contributed by atoms with Crippen LogP contribution >= 0.6 is 12.6 Å². The van der Waals surface area contributed by atoms with Crippen molar-refractivity contribution in [1.29, 1.82) is 0 Å². The molecule has 0 saturated carbocycles.